The van der Waals surface area contributed by atoms with Crippen molar-refractivity contribution in [1.29, 1.82) is 0 Å². The molecular weight excluding hydrogens is 281 g/mol. The molecule has 1 aromatic carbocycles. The Kier molecular flexibility index (Phi) is 4.08. The summed E-state index contributed by atoms with van der Waals surface area (Å²) in [6, 6.07) is 5.16. The molecule has 94 valence electrons. The number of hydrogen-bond donors (Lipinski definition) is 0. The van der Waals surface area contributed by atoms with Gasteiger partial charge >= 0.3 is 0 Å². The Morgan fingerprint density at radius 1 is 1.41 bits per heavy atom. The second-order valence-electron chi connectivity index (χ2n) is 5.13. The molecule has 0 saturated carbocycles. The maximum absolute atomic E-state index is 13.3. The summed E-state index contributed by atoms with van der Waals surface area (Å²) in [5, 5.41) is 1.01. The zero-order valence-electron chi connectivity index (χ0n) is 10.4. The number of benzene rings is 1. The fourth-order valence-electron chi connectivity index (χ4n) is 2.33. The van der Waals surface area contributed by atoms with Crippen LogP contribution in [-0.4, -0.2) is 18.4 Å². The molecule has 1 aliphatic rings. The Bertz CT molecular complexity index is 392. The van der Waals surface area contributed by atoms with Crippen LogP contribution in [-0.2, 0) is 6.42 Å². The third-order valence-corrected chi connectivity index (χ3v) is 4.47. The Morgan fingerprint density at radius 2 is 2.18 bits per heavy atom. The van der Waals surface area contributed by atoms with Crippen LogP contribution in [0.3, 0.4) is 0 Å². The van der Waals surface area contributed by atoms with E-state index in [1.54, 1.807) is 12.1 Å². The standard InChI is InChI=1S/C14H19BrFN/c1-10(2)12(8-15)9-17-6-5-11-3-4-13(16)7-14(11)17/h3-4,7,10,12H,5-6,8-9H2,1-2H3. The van der Waals surface area contributed by atoms with Gasteiger partial charge in [0.1, 0.15) is 5.82 Å². The van der Waals surface area contributed by atoms with E-state index < -0.39 is 0 Å². The lowest BCUT2D eigenvalue weighted by molar-refractivity contribution is 0.428. The van der Waals surface area contributed by atoms with Gasteiger partial charge in [0.2, 0.25) is 0 Å². The minimum atomic E-state index is -0.129. The van der Waals surface area contributed by atoms with E-state index in [0.29, 0.717) is 11.8 Å². The first-order valence-corrected chi connectivity index (χ1v) is 7.33. The molecule has 0 radical (unpaired) electrons. The molecule has 0 aromatic heterocycles. The van der Waals surface area contributed by atoms with Crippen LogP contribution in [0.5, 0.6) is 0 Å². The van der Waals surface area contributed by atoms with Gasteiger partial charge in [0.25, 0.3) is 0 Å². The molecule has 1 atom stereocenters. The zero-order valence-corrected chi connectivity index (χ0v) is 12.0. The number of alkyl halides is 1. The highest BCUT2D eigenvalue weighted by molar-refractivity contribution is 9.09. The van der Waals surface area contributed by atoms with Crippen molar-refractivity contribution in [3.63, 3.8) is 0 Å². The van der Waals surface area contributed by atoms with Gasteiger partial charge in [0.05, 0.1) is 0 Å². The van der Waals surface area contributed by atoms with E-state index in [1.807, 2.05) is 6.07 Å². The summed E-state index contributed by atoms with van der Waals surface area (Å²) >= 11 is 3.58. The Balaban J connectivity index is 2.13. The molecule has 0 spiro atoms. The maximum Gasteiger partial charge on any atom is 0.125 e. The van der Waals surface area contributed by atoms with Crippen molar-refractivity contribution in [2.75, 3.05) is 23.3 Å². The topological polar surface area (TPSA) is 3.24 Å². The summed E-state index contributed by atoms with van der Waals surface area (Å²) in [5.74, 6) is 1.13. The van der Waals surface area contributed by atoms with E-state index in [0.717, 1.165) is 30.5 Å². The van der Waals surface area contributed by atoms with Gasteiger partial charge in [-0.1, -0.05) is 35.8 Å². The smallest absolute Gasteiger partial charge is 0.125 e. The molecule has 1 aromatic rings. The van der Waals surface area contributed by atoms with Gasteiger partial charge < -0.3 is 4.90 Å². The largest absolute Gasteiger partial charge is 0.371 e. The van der Waals surface area contributed by atoms with Crippen LogP contribution in [0, 0.1) is 17.7 Å². The molecule has 1 nitrogen and oxygen atoms in total. The van der Waals surface area contributed by atoms with E-state index in [4.69, 9.17) is 0 Å². The summed E-state index contributed by atoms with van der Waals surface area (Å²) in [4.78, 5) is 2.32. The molecule has 0 saturated heterocycles. The van der Waals surface area contributed by atoms with Gasteiger partial charge in [-0.2, -0.15) is 0 Å². The van der Waals surface area contributed by atoms with Gasteiger partial charge in [-0.15, -0.1) is 0 Å². The van der Waals surface area contributed by atoms with Crippen molar-refractivity contribution in [3.8, 4) is 0 Å². The fraction of sp³-hybridized carbons (Fsp3) is 0.571. The average molecular weight is 300 g/mol. The normalized spacial score (nSPS) is 16.4. The first kappa shape index (κ1) is 12.9. The van der Waals surface area contributed by atoms with E-state index in [1.165, 1.54) is 5.56 Å². The predicted molar refractivity (Wildman–Crippen MR) is 74.4 cm³/mol. The second-order valence-corrected chi connectivity index (χ2v) is 5.77. The number of nitrogens with zero attached hydrogens (tertiary/aromatic N) is 1. The molecule has 0 bridgehead atoms. The van der Waals surface area contributed by atoms with Crippen LogP contribution >= 0.6 is 15.9 Å². The van der Waals surface area contributed by atoms with E-state index in [2.05, 4.69) is 34.7 Å². The lowest BCUT2D eigenvalue weighted by Gasteiger charge is -2.27. The first-order chi connectivity index (χ1) is 8.11. The Labute approximate surface area is 111 Å². The molecule has 2 rings (SSSR count). The van der Waals surface area contributed by atoms with Crippen LogP contribution in [0.2, 0.25) is 0 Å². The summed E-state index contributed by atoms with van der Waals surface area (Å²) in [7, 11) is 0. The van der Waals surface area contributed by atoms with Crippen molar-refractivity contribution >= 4 is 21.6 Å². The fourth-order valence-corrected chi connectivity index (χ4v) is 3.28. The van der Waals surface area contributed by atoms with Crippen LogP contribution in [0.15, 0.2) is 18.2 Å². The predicted octanol–water partition coefficient (Wildman–Crippen LogP) is 3.86. The molecule has 1 heterocycles. The molecule has 0 aliphatic carbocycles. The van der Waals surface area contributed by atoms with Gasteiger partial charge in [-0.05, 0) is 36.0 Å². The van der Waals surface area contributed by atoms with Crippen molar-refractivity contribution in [3.05, 3.63) is 29.6 Å². The Hall–Kier alpha value is -0.570. The monoisotopic (exact) mass is 299 g/mol. The van der Waals surface area contributed by atoms with Crippen LogP contribution in [0.25, 0.3) is 0 Å². The van der Waals surface area contributed by atoms with Crippen molar-refractivity contribution in [2.24, 2.45) is 11.8 Å². The van der Waals surface area contributed by atoms with E-state index >= 15 is 0 Å². The highest BCUT2D eigenvalue weighted by atomic mass is 79.9. The molecular formula is C14H19BrFN. The summed E-state index contributed by atoms with van der Waals surface area (Å²) in [6.07, 6.45) is 1.04. The van der Waals surface area contributed by atoms with E-state index in [-0.39, 0.29) is 5.82 Å². The van der Waals surface area contributed by atoms with Crippen molar-refractivity contribution < 1.29 is 4.39 Å². The maximum atomic E-state index is 13.3. The van der Waals surface area contributed by atoms with E-state index in [9.17, 15) is 4.39 Å². The molecule has 17 heavy (non-hydrogen) atoms. The molecule has 3 heteroatoms. The van der Waals surface area contributed by atoms with Crippen molar-refractivity contribution in [1.82, 2.24) is 0 Å². The molecule has 0 fully saturated rings. The minimum absolute atomic E-state index is 0.129. The summed E-state index contributed by atoms with van der Waals surface area (Å²) < 4.78 is 13.3. The van der Waals surface area contributed by atoms with Crippen LogP contribution < -0.4 is 4.90 Å². The van der Waals surface area contributed by atoms with Crippen molar-refractivity contribution in [2.45, 2.75) is 20.3 Å². The number of halogens is 2. The highest BCUT2D eigenvalue weighted by Crippen LogP contribution is 2.30. The average Bonchev–Trinajstić information content (AvgIpc) is 2.68. The van der Waals surface area contributed by atoms with Gasteiger partial charge in [-0.25, -0.2) is 4.39 Å². The number of fused-ring (bicyclic) bond motifs is 1. The van der Waals surface area contributed by atoms with Crippen LogP contribution in [0.4, 0.5) is 10.1 Å². The molecule has 1 aliphatic heterocycles. The van der Waals surface area contributed by atoms with Gasteiger partial charge in [0.15, 0.2) is 0 Å². The minimum Gasteiger partial charge on any atom is -0.371 e. The number of hydrogen-bond acceptors (Lipinski definition) is 1. The summed E-state index contributed by atoms with van der Waals surface area (Å²) in [6.45, 7) is 6.53. The third kappa shape index (κ3) is 2.82. The SMILES string of the molecule is CC(C)C(CBr)CN1CCc2ccc(F)cc21. The molecule has 0 amide bonds. The molecule has 1 unspecified atom stereocenters. The first-order valence-electron chi connectivity index (χ1n) is 6.21. The third-order valence-electron chi connectivity index (χ3n) is 3.63. The lowest BCUT2D eigenvalue weighted by Crippen LogP contribution is -2.31. The number of anilines is 1. The van der Waals surface area contributed by atoms with Crippen LogP contribution in [0.1, 0.15) is 19.4 Å². The van der Waals surface area contributed by atoms with Gasteiger partial charge in [0, 0.05) is 24.1 Å². The zero-order chi connectivity index (χ0) is 12.4. The quantitative estimate of drug-likeness (QED) is 0.763. The highest BCUT2D eigenvalue weighted by Gasteiger charge is 2.23. The summed E-state index contributed by atoms with van der Waals surface area (Å²) in [5.41, 5.74) is 2.38. The van der Waals surface area contributed by atoms with Gasteiger partial charge in [-0.3, -0.25) is 0 Å². The number of rotatable bonds is 4. The Morgan fingerprint density at radius 3 is 2.82 bits per heavy atom. The molecule has 0 N–H and O–H groups in total. The lowest BCUT2D eigenvalue weighted by atomic mass is 9.97. The second kappa shape index (κ2) is 5.38.